The molecule has 16 heavy (non-hydrogen) atoms. The molecule has 0 unspecified atom stereocenters. The van der Waals surface area contributed by atoms with Gasteiger partial charge in [-0.1, -0.05) is 55.6 Å². The average molecular weight is 282 g/mol. The molecule has 0 amide bonds. The summed E-state index contributed by atoms with van der Waals surface area (Å²) in [6.07, 6.45) is 0. The van der Waals surface area contributed by atoms with Gasteiger partial charge in [0.2, 0.25) is 0 Å². The van der Waals surface area contributed by atoms with Gasteiger partial charge >= 0.3 is 0 Å². The summed E-state index contributed by atoms with van der Waals surface area (Å²) in [4.78, 5) is 0. The first-order valence-corrected chi connectivity index (χ1v) is 6.14. The van der Waals surface area contributed by atoms with E-state index in [9.17, 15) is 0 Å². The van der Waals surface area contributed by atoms with Crippen LogP contribution in [0.15, 0.2) is 12.1 Å². The average Bonchev–Trinajstić information content (AvgIpc) is 2.07. The molecule has 4 heteroatoms. The van der Waals surface area contributed by atoms with Crippen LogP contribution in [-0.2, 0) is 11.3 Å². The van der Waals surface area contributed by atoms with Gasteiger partial charge in [0.05, 0.1) is 13.2 Å². The molecule has 0 aliphatic rings. The van der Waals surface area contributed by atoms with Gasteiger partial charge in [0, 0.05) is 20.6 Å². The van der Waals surface area contributed by atoms with E-state index in [-0.39, 0.29) is 5.41 Å². The number of hydrogen-bond donors (Lipinski definition) is 0. The zero-order valence-electron chi connectivity index (χ0n) is 9.61. The highest BCUT2D eigenvalue weighted by Gasteiger charge is 2.12. The van der Waals surface area contributed by atoms with Crippen LogP contribution in [0.5, 0.6) is 0 Å². The highest BCUT2D eigenvalue weighted by molar-refractivity contribution is 6.39. The Morgan fingerprint density at radius 1 is 1.06 bits per heavy atom. The Balaban J connectivity index is 2.68. The fourth-order valence-electron chi connectivity index (χ4n) is 1.17. The molecular weight excluding hydrogens is 266 g/mol. The Bertz CT molecular complexity index is 346. The summed E-state index contributed by atoms with van der Waals surface area (Å²) in [5, 5.41) is 1.63. The molecule has 0 aliphatic heterocycles. The van der Waals surface area contributed by atoms with Crippen molar-refractivity contribution in [1.82, 2.24) is 0 Å². The molecule has 1 aromatic carbocycles. The Morgan fingerprint density at radius 2 is 1.56 bits per heavy atom. The predicted molar refractivity (Wildman–Crippen MR) is 70.6 cm³/mol. The molecular formula is C12H15Cl3O. The summed E-state index contributed by atoms with van der Waals surface area (Å²) in [7, 11) is 0. The Kier molecular flexibility index (Phi) is 4.93. The molecule has 1 nitrogen and oxygen atoms in total. The highest BCUT2D eigenvalue weighted by atomic mass is 35.5. The smallest absolute Gasteiger partial charge is 0.0746 e. The zero-order chi connectivity index (χ0) is 12.3. The third-order valence-electron chi connectivity index (χ3n) is 1.89. The maximum atomic E-state index is 6.04. The van der Waals surface area contributed by atoms with Gasteiger partial charge in [-0.2, -0.15) is 0 Å². The third-order valence-corrected chi connectivity index (χ3v) is 2.78. The van der Waals surface area contributed by atoms with Crippen LogP contribution in [0.3, 0.4) is 0 Å². The molecule has 0 fully saturated rings. The lowest BCUT2D eigenvalue weighted by Crippen LogP contribution is -2.14. The molecule has 0 spiro atoms. The van der Waals surface area contributed by atoms with Crippen molar-refractivity contribution in [2.45, 2.75) is 27.4 Å². The van der Waals surface area contributed by atoms with E-state index < -0.39 is 0 Å². The molecule has 1 rings (SSSR count). The minimum absolute atomic E-state index is 0.130. The number of rotatable bonds is 3. The topological polar surface area (TPSA) is 9.23 Å². The second-order valence-electron chi connectivity index (χ2n) is 4.90. The van der Waals surface area contributed by atoms with Crippen LogP contribution >= 0.6 is 34.8 Å². The van der Waals surface area contributed by atoms with E-state index in [4.69, 9.17) is 39.5 Å². The van der Waals surface area contributed by atoms with E-state index in [1.54, 1.807) is 12.1 Å². The maximum absolute atomic E-state index is 6.04. The van der Waals surface area contributed by atoms with Crippen LogP contribution in [0, 0.1) is 5.41 Å². The summed E-state index contributed by atoms with van der Waals surface area (Å²) >= 11 is 17.9. The Labute approximate surface area is 112 Å². The first-order valence-electron chi connectivity index (χ1n) is 5.01. The van der Waals surface area contributed by atoms with E-state index in [2.05, 4.69) is 20.8 Å². The lowest BCUT2D eigenvalue weighted by atomic mass is 9.99. The van der Waals surface area contributed by atoms with Gasteiger partial charge in [0.15, 0.2) is 0 Å². The molecule has 0 N–H and O–H groups in total. The summed E-state index contributed by atoms with van der Waals surface area (Å²) < 4.78 is 5.57. The van der Waals surface area contributed by atoms with Crippen molar-refractivity contribution in [3.8, 4) is 0 Å². The number of ether oxygens (including phenoxy) is 1. The minimum atomic E-state index is 0.130. The van der Waals surface area contributed by atoms with Gasteiger partial charge in [-0.25, -0.2) is 0 Å². The number of halogens is 3. The van der Waals surface area contributed by atoms with Crippen LogP contribution in [0.2, 0.25) is 15.1 Å². The lowest BCUT2D eigenvalue weighted by molar-refractivity contribution is 0.0600. The first kappa shape index (κ1) is 14.1. The predicted octanol–water partition coefficient (Wildman–Crippen LogP) is 5.21. The van der Waals surface area contributed by atoms with E-state index in [0.717, 1.165) is 5.56 Å². The molecule has 1 aromatic rings. The molecule has 0 saturated heterocycles. The van der Waals surface area contributed by atoms with Crippen LogP contribution in [0.4, 0.5) is 0 Å². The summed E-state index contributed by atoms with van der Waals surface area (Å²) in [5.41, 5.74) is 0.919. The van der Waals surface area contributed by atoms with Crippen molar-refractivity contribution in [3.05, 3.63) is 32.8 Å². The standard InChI is InChI=1S/C12H15Cl3O/c1-12(2,3)7-16-6-9-10(14)4-8(13)5-11(9)15/h4-5H,6-7H2,1-3H3. The van der Waals surface area contributed by atoms with Crippen LogP contribution < -0.4 is 0 Å². The number of benzene rings is 1. The zero-order valence-corrected chi connectivity index (χ0v) is 11.9. The second-order valence-corrected chi connectivity index (χ2v) is 6.15. The van der Waals surface area contributed by atoms with E-state index in [0.29, 0.717) is 28.3 Å². The molecule has 0 aromatic heterocycles. The molecule has 0 aliphatic carbocycles. The second kappa shape index (κ2) is 5.59. The molecule has 90 valence electrons. The van der Waals surface area contributed by atoms with Gasteiger partial charge in [0.1, 0.15) is 0 Å². The van der Waals surface area contributed by atoms with Gasteiger partial charge in [-0.3, -0.25) is 0 Å². The Hall–Kier alpha value is 0.0500. The van der Waals surface area contributed by atoms with Crippen molar-refractivity contribution in [2.75, 3.05) is 6.61 Å². The first-order chi connectivity index (χ1) is 7.29. The van der Waals surface area contributed by atoms with Crippen molar-refractivity contribution in [1.29, 1.82) is 0 Å². The molecule has 0 heterocycles. The van der Waals surface area contributed by atoms with Crippen molar-refractivity contribution >= 4 is 34.8 Å². The minimum Gasteiger partial charge on any atom is -0.376 e. The summed E-state index contributed by atoms with van der Waals surface area (Å²) in [6.45, 7) is 7.39. The van der Waals surface area contributed by atoms with E-state index in [1.165, 1.54) is 0 Å². The van der Waals surface area contributed by atoms with Crippen molar-refractivity contribution < 1.29 is 4.74 Å². The van der Waals surface area contributed by atoms with Crippen LogP contribution in [0.1, 0.15) is 26.3 Å². The highest BCUT2D eigenvalue weighted by Crippen LogP contribution is 2.29. The molecule has 0 saturated carbocycles. The Morgan fingerprint density at radius 3 is 2.00 bits per heavy atom. The SMILES string of the molecule is CC(C)(C)COCc1c(Cl)cc(Cl)cc1Cl. The largest absolute Gasteiger partial charge is 0.376 e. The van der Waals surface area contributed by atoms with Gasteiger partial charge in [-0.05, 0) is 17.5 Å². The molecule has 0 bridgehead atoms. The summed E-state index contributed by atoms with van der Waals surface area (Å²) in [5.74, 6) is 0. The van der Waals surface area contributed by atoms with Gasteiger partial charge < -0.3 is 4.74 Å². The van der Waals surface area contributed by atoms with Crippen LogP contribution in [-0.4, -0.2) is 6.61 Å². The molecule has 0 atom stereocenters. The lowest BCUT2D eigenvalue weighted by Gasteiger charge is -2.18. The van der Waals surface area contributed by atoms with Gasteiger partial charge in [0.25, 0.3) is 0 Å². The van der Waals surface area contributed by atoms with Gasteiger partial charge in [-0.15, -0.1) is 0 Å². The number of hydrogen-bond acceptors (Lipinski definition) is 1. The fourth-order valence-corrected chi connectivity index (χ4v) is 2.10. The van der Waals surface area contributed by atoms with E-state index >= 15 is 0 Å². The monoisotopic (exact) mass is 280 g/mol. The van der Waals surface area contributed by atoms with Crippen molar-refractivity contribution in [3.63, 3.8) is 0 Å². The molecule has 0 radical (unpaired) electrons. The van der Waals surface area contributed by atoms with Crippen molar-refractivity contribution in [2.24, 2.45) is 5.41 Å². The fraction of sp³-hybridized carbons (Fsp3) is 0.500. The van der Waals surface area contributed by atoms with Crippen LogP contribution in [0.25, 0.3) is 0 Å². The maximum Gasteiger partial charge on any atom is 0.0746 e. The quantitative estimate of drug-likeness (QED) is 0.739. The van der Waals surface area contributed by atoms with E-state index in [1.807, 2.05) is 0 Å². The third kappa shape index (κ3) is 4.50. The normalized spacial score (nSPS) is 11.9. The summed E-state index contributed by atoms with van der Waals surface area (Å²) in [6, 6.07) is 3.34.